The summed E-state index contributed by atoms with van der Waals surface area (Å²) in [6.07, 6.45) is 3.62. The number of carboxylic acid groups (broad SMARTS) is 1. The lowest BCUT2D eigenvalue weighted by atomic mass is 10.1. The van der Waals surface area contributed by atoms with Crippen molar-refractivity contribution in [1.29, 1.82) is 0 Å². The average molecular weight is 578 g/mol. The molecule has 2 aromatic carbocycles. The molecule has 0 spiro atoms. The number of aromatic nitrogens is 2. The average Bonchev–Trinajstić information content (AvgIpc) is 3.66. The summed E-state index contributed by atoms with van der Waals surface area (Å²) < 4.78 is 13.1. The van der Waals surface area contributed by atoms with Gasteiger partial charge in [0.2, 0.25) is 0 Å². The third-order valence-corrected chi connectivity index (χ3v) is 8.17. The molecule has 11 heteroatoms. The Balaban J connectivity index is 1.35. The Bertz CT molecular complexity index is 1640. The van der Waals surface area contributed by atoms with Crippen molar-refractivity contribution in [2.24, 2.45) is 0 Å². The number of pyridine rings is 1. The quantitative estimate of drug-likeness (QED) is 0.327. The van der Waals surface area contributed by atoms with Gasteiger partial charge in [-0.1, -0.05) is 17.7 Å². The van der Waals surface area contributed by atoms with Crippen LogP contribution in [0, 0.1) is 0 Å². The zero-order valence-electron chi connectivity index (χ0n) is 22.9. The maximum Gasteiger partial charge on any atom is 0.341 e. The number of fused-ring (bicyclic) bond motifs is 1. The summed E-state index contributed by atoms with van der Waals surface area (Å²) in [6, 6.07) is 13.1. The number of rotatable bonds is 8. The van der Waals surface area contributed by atoms with Crippen LogP contribution in [0.25, 0.3) is 28.0 Å². The number of benzene rings is 2. The van der Waals surface area contributed by atoms with Crippen LogP contribution in [0.1, 0.15) is 23.2 Å². The predicted octanol–water partition coefficient (Wildman–Crippen LogP) is 4.37. The summed E-state index contributed by atoms with van der Waals surface area (Å²) in [5.74, 6) is -1.29. The van der Waals surface area contributed by atoms with Gasteiger partial charge in [-0.05, 0) is 37.1 Å². The molecule has 6 rings (SSSR count). The van der Waals surface area contributed by atoms with Crippen molar-refractivity contribution >= 4 is 40.4 Å². The molecule has 0 radical (unpaired) electrons. The molecule has 2 saturated heterocycles. The monoisotopic (exact) mass is 577 g/mol. The summed E-state index contributed by atoms with van der Waals surface area (Å²) in [5, 5.41) is 10.3. The summed E-state index contributed by atoms with van der Waals surface area (Å²) in [5.41, 5.74) is 3.21. The Kier molecular flexibility index (Phi) is 7.70. The van der Waals surface area contributed by atoms with Gasteiger partial charge in [0.05, 0.1) is 23.0 Å². The summed E-state index contributed by atoms with van der Waals surface area (Å²) in [7, 11) is 1.71. The van der Waals surface area contributed by atoms with Gasteiger partial charge in [-0.25, -0.2) is 4.79 Å². The van der Waals surface area contributed by atoms with E-state index in [4.69, 9.17) is 25.7 Å². The van der Waals surface area contributed by atoms with E-state index in [0.29, 0.717) is 45.7 Å². The van der Waals surface area contributed by atoms with Gasteiger partial charge in [-0.2, -0.15) is 4.98 Å². The third kappa shape index (κ3) is 5.55. The van der Waals surface area contributed by atoms with Crippen LogP contribution in [0.4, 0.5) is 11.7 Å². The van der Waals surface area contributed by atoms with Crippen LogP contribution in [0.5, 0.6) is 0 Å². The van der Waals surface area contributed by atoms with Gasteiger partial charge < -0.3 is 28.6 Å². The Morgan fingerprint density at radius 2 is 1.80 bits per heavy atom. The summed E-state index contributed by atoms with van der Waals surface area (Å²) in [6.45, 7) is 6.90. The number of nitrogens with zero attached hydrogens (tertiary/aromatic N) is 5. The van der Waals surface area contributed by atoms with Crippen molar-refractivity contribution in [3.8, 4) is 16.9 Å². The number of halogens is 1. The van der Waals surface area contributed by atoms with Crippen molar-refractivity contribution in [2.75, 3.05) is 69.3 Å². The number of hydrogen-bond acceptors (Lipinski definition) is 8. The number of aromatic carboxylic acids is 1. The van der Waals surface area contributed by atoms with Crippen molar-refractivity contribution < 1.29 is 19.1 Å². The Labute approximate surface area is 242 Å². The second kappa shape index (κ2) is 11.6. The van der Waals surface area contributed by atoms with Crippen LogP contribution >= 0.6 is 11.6 Å². The van der Waals surface area contributed by atoms with Crippen LogP contribution in [0.2, 0.25) is 5.02 Å². The molecule has 0 atom stereocenters. The largest absolute Gasteiger partial charge is 0.477 e. The van der Waals surface area contributed by atoms with E-state index >= 15 is 0 Å². The van der Waals surface area contributed by atoms with Gasteiger partial charge in [-0.15, -0.1) is 0 Å². The second-order valence-corrected chi connectivity index (χ2v) is 10.8. The highest BCUT2D eigenvalue weighted by atomic mass is 35.5. The molecule has 10 nitrogen and oxygen atoms in total. The Morgan fingerprint density at radius 3 is 2.51 bits per heavy atom. The van der Waals surface area contributed by atoms with Crippen LogP contribution in [-0.4, -0.2) is 85.1 Å². The van der Waals surface area contributed by atoms with E-state index in [-0.39, 0.29) is 5.56 Å². The molecule has 0 unspecified atom stereocenters. The van der Waals surface area contributed by atoms with Crippen molar-refractivity contribution in [3.63, 3.8) is 0 Å². The van der Waals surface area contributed by atoms with Gasteiger partial charge in [0.25, 0.3) is 6.01 Å². The Morgan fingerprint density at radius 1 is 1.02 bits per heavy atom. The first-order valence-corrected chi connectivity index (χ1v) is 14.2. The fraction of sp³-hybridized carbons (Fsp3) is 0.367. The molecule has 0 saturated carbocycles. The van der Waals surface area contributed by atoms with E-state index in [1.54, 1.807) is 11.7 Å². The van der Waals surface area contributed by atoms with Crippen molar-refractivity contribution in [3.05, 3.63) is 69.5 Å². The molecule has 4 heterocycles. The normalized spacial score (nSPS) is 16.1. The molecule has 4 aromatic rings. The van der Waals surface area contributed by atoms with Crippen LogP contribution in [0.15, 0.2) is 57.9 Å². The van der Waals surface area contributed by atoms with E-state index < -0.39 is 11.4 Å². The lowest BCUT2D eigenvalue weighted by Gasteiger charge is -2.33. The number of anilines is 2. The SMILES string of the molecule is COCCN1CCN(c2nc3ccc(-n4cc(C(=O)O)c(=O)cc4-c4ccc(N5CCCC5)c(Cl)c4)cc3o2)CC1. The molecule has 2 aromatic heterocycles. The van der Waals surface area contributed by atoms with Crippen molar-refractivity contribution in [1.82, 2.24) is 14.5 Å². The molecule has 2 aliphatic heterocycles. The fourth-order valence-corrected chi connectivity index (χ4v) is 5.88. The predicted molar refractivity (Wildman–Crippen MR) is 159 cm³/mol. The molecular formula is C30H32ClN5O5. The standard InChI is InChI=1S/C30H32ClN5O5/c1-40-15-14-33-10-12-35(13-11-33)30-32-24-6-5-21(17-28(24)41-30)36-19-22(29(38)39)27(37)18-26(36)20-4-7-25(23(31)16-20)34-8-2-3-9-34/h4-7,16-19H,2-3,8-15H2,1H3,(H,38,39). The molecule has 2 fully saturated rings. The van der Waals surface area contributed by atoms with E-state index in [1.807, 2.05) is 36.4 Å². The minimum atomic E-state index is -1.29. The maximum atomic E-state index is 12.8. The maximum absolute atomic E-state index is 12.8. The van der Waals surface area contributed by atoms with Gasteiger partial charge in [0, 0.05) is 82.5 Å². The highest BCUT2D eigenvalue weighted by Crippen LogP contribution is 2.34. The first-order chi connectivity index (χ1) is 19.9. The number of methoxy groups -OCH3 is 1. The molecule has 0 amide bonds. The molecule has 2 aliphatic rings. The smallest absolute Gasteiger partial charge is 0.341 e. The first-order valence-electron chi connectivity index (χ1n) is 13.8. The molecule has 1 N–H and O–H groups in total. The van der Waals surface area contributed by atoms with Crippen LogP contribution < -0.4 is 15.2 Å². The first kappa shape index (κ1) is 27.3. The lowest BCUT2D eigenvalue weighted by Crippen LogP contribution is -2.47. The third-order valence-electron chi connectivity index (χ3n) is 7.86. The van der Waals surface area contributed by atoms with Gasteiger partial charge in [-0.3, -0.25) is 9.69 Å². The number of ether oxygens (including phenoxy) is 1. The van der Waals surface area contributed by atoms with Crippen LogP contribution in [0.3, 0.4) is 0 Å². The van der Waals surface area contributed by atoms with E-state index in [9.17, 15) is 14.7 Å². The Hall–Kier alpha value is -3.86. The lowest BCUT2D eigenvalue weighted by molar-refractivity contribution is 0.0695. The van der Waals surface area contributed by atoms with Crippen LogP contribution in [-0.2, 0) is 4.74 Å². The van der Waals surface area contributed by atoms with Gasteiger partial charge in [0.1, 0.15) is 11.1 Å². The van der Waals surface area contributed by atoms with E-state index in [0.717, 1.165) is 64.3 Å². The molecule has 0 bridgehead atoms. The summed E-state index contributed by atoms with van der Waals surface area (Å²) in [4.78, 5) is 36.1. The molecule has 214 valence electrons. The molecule has 0 aliphatic carbocycles. The number of piperazine rings is 1. The molecule has 41 heavy (non-hydrogen) atoms. The minimum absolute atomic E-state index is 0.321. The zero-order chi connectivity index (χ0) is 28.5. The topological polar surface area (TPSA) is 104 Å². The number of oxazole rings is 1. The zero-order valence-corrected chi connectivity index (χ0v) is 23.6. The molecular weight excluding hydrogens is 546 g/mol. The van der Waals surface area contributed by atoms with E-state index in [1.165, 1.54) is 12.3 Å². The number of carbonyl (C=O) groups is 1. The number of carboxylic acids is 1. The summed E-state index contributed by atoms with van der Waals surface area (Å²) >= 11 is 6.71. The highest BCUT2D eigenvalue weighted by molar-refractivity contribution is 6.33. The van der Waals surface area contributed by atoms with Gasteiger partial charge in [0.15, 0.2) is 11.0 Å². The van der Waals surface area contributed by atoms with Crippen molar-refractivity contribution in [2.45, 2.75) is 12.8 Å². The fourth-order valence-electron chi connectivity index (χ4n) is 5.58. The minimum Gasteiger partial charge on any atom is -0.477 e. The van der Waals surface area contributed by atoms with Gasteiger partial charge >= 0.3 is 5.97 Å². The number of hydrogen-bond donors (Lipinski definition) is 1. The second-order valence-electron chi connectivity index (χ2n) is 10.4. The highest BCUT2D eigenvalue weighted by Gasteiger charge is 2.22. The van der Waals surface area contributed by atoms with E-state index in [2.05, 4.69) is 14.7 Å².